The zero-order valence-electron chi connectivity index (χ0n) is 15.6. The molecule has 1 atom stereocenters. The molecule has 1 aliphatic rings. The van der Waals surface area contributed by atoms with Gasteiger partial charge in [0.15, 0.2) is 5.89 Å². The zero-order chi connectivity index (χ0) is 19.2. The number of benzene rings is 1. The van der Waals surface area contributed by atoms with E-state index >= 15 is 0 Å². The van der Waals surface area contributed by atoms with E-state index in [0.29, 0.717) is 30.0 Å². The van der Waals surface area contributed by atoms with Crippen LogP contribution in [0.4, 0.5) is 0 Å². The molecule has 0 radical (unpaired) electrons. The van der Waals surface area contributed by atoms with Crippen LogP contribution in [0.15, 0.2) is 33.3 Å². The van der Waals surface area contributed by atoms with Gasteiger partial charge in [0.25, 0.3) is 5.91 Å². The summed E-state index contributed by atoms with van der Waals surface area (Å²) in [6.45, 7) is 2.03. The van der Waals surface area contributed by atoms with Gasteiger partial charge in [0, 0.05) is 18.1 Å². The molecule has 4 rings (SSSR count). The third-order valence-electron chi connectivity index (χ3n) is 4.27. The van der Waals surface area contributed by atoms with Crippen LogP contribution >= 0.6 is 0 Å². The summed E-state index contributed by atoms with van der Waals surface area (Å²) in [7, 11) is 6.04. The number of carbonyl (C=O) groups is 1. The molecule has 3 heterocycles. The van der Waals surface area contributed by atoms with Crippen molar-refractivity contribution in [1.29, 1.82) is 0 Å². The Balaban J connectivity index is 1.54. The van der Waals surface area contributed by atoms with Crippen molar-refractivity contribution >= 4 is 29.4 Å². The average Bonchev–Trinajstić information content (AvgIpc) is 3.33. The monoisotopic (exact) mass is 362 g/mol. The number of oxazole rings is 1. The molecule has 0 saturated heterocycles. The van der Waals surface area contributed by atoms with Crippen molar-refractivity contribution in [2.45, 2.75) is 18.1 Å². The predicted octanol–water partition coefficient (Wildman–Crippen LogP) is -1.09. The number of ether oxygens (including phenoxy) is 1. The van der Waals surface area contributed by atoms with Crippen LogP contribution in [-0.2, 0) is 5.11 Å². The molecular formula is C16H17B3N4O4. The Bertz CT molecular complexity index is 1010. The average molecular weight is 362 g/mol. The van der Waals surface area contributed by atoms with E-state index in [1.54, 1.807) is 6.92 Å². The van der Waals surface area contributed by atoms with Gasteiger partial charge in [0.1, 0.15) is 35.9 Å². The van der Waals surface area contributed by atoms with Gasteiger partial charge in [0.2, 0.25) is 17.5 Å². The molecular weight excluding hydrogens is 345 g/mol. The lowest BCUT2D eigenvalue weighted by molar-refractivity contribution is 0.0901. The molecule has 0 saturated carbocycles. The van der Waals surface area contributed by atoms with E-state index < -0.39 is 0 Å². The summed E-state index contributed by atoms with van der Waals surface area (Å²) >= 11 is 0. The molecule has 3 aromatic rings. The molecule has 2 aromatic heterocycles. The molecule has 0 aliphatic carbocycles. The van der Waals surface area contributed by atoms with Crippen LogP contribution in [0, 0.1) is 6.92 Å². The third-order valence-corrected chi connectivity index (χ3v) is 4.27. The topological polar surface area (TPSA) is 103 Å². The Morgan fingerprint density at radius 2 is 2.15 bits per heavy atom. The van der Waals surface area contributed by atoms with Gasteiger partial charge in [-0.3, -0.25) is 4.79 Å². The lowest BCUT2D eigenvalue weighted by Crippen LogP contribution is -2.29. The molecule has 1 amide bonds. The minimum atomic E-state index is -0.325. The van der Waals surface area contributed by atoms with Crippen molar-refractivity contribution in [1.82, 2.24) is 20.4 Å². The molecule has 27 heavy (non-hydrogen) atoms. The molecule has 134 valence electrons. The molecule has 1 aliphatic heterocycles. The number of amides is 1. The van der Waals surface area contributed by atoms with E-state index in [1.165, 1.54) is 6.20 Å². The molecule has 0 fully saturated rings. The summed E-state index contributed by atoms with van der Waals surface area (Å²) in [6.07, 6.45) is 1.41. The van der Waals surface area contributed by atoms with Crippen LogP contribution in [0.2, 0.25) is 0 Å². The second-order valence-electron chi connectivity index (χ2n) is 7.51. The zero-order valence-corrected chi connectivity index (χ0v) is 15.6. The first-order valence-electron chi connectivity index (χ1n) is 8.66. The van der Waals surface area contributed by atoms with Gasteiger partial charge in [-0.25, -0.2) is 4.98 Å². The quantitative estimate of drug-likeness (QED) is 0.589. The Kier molecular flexibility index (Phi) is 4.09. The lowest BCUT2D eigenvalue weighted by Gasteiger charge is -2.10. The summed E-state index contributed by atoms with van der Waals surface area (Å²) in [5.74, 6) is 2.08. The van der Waals surface area contributed by atoms with E-state index in [-0.39, 0.29) is 22.8 Å². The van der Waals surface area contributed by atoms with Crippen LogP contribution in [0.25, 0.3) is 11.4 Å². The number of aromatic nitrogens is 3. The van der Waals surface area contributed by atoms with Crippen LogP contribution in [-0.4, -0.2) is 51.2 Å². The largest absolute Gasteiger partial charge is 0.491 e. The Hall–Kier alpha value is -2.97. The maximum absolute atomic E-state index is 12.3. The first-order valence-corrected chi connectivity index (χ1v) is 8.66. The SMILES string of the molecule is BC(B)(B)c1nc(-c2ccc3c(c2)OC[C@H]3NC(=O)c2cnc(C)o2)no1. The van der Waals surface area contributed by atoms with Crippen LogP contribution < -0.4 is 10.1 Å². The Morgan fingerprint density at radius 1 is 1.33 bits per heavy atom. The van der Waals surface area contributed by atoms with Crippen molar-refractivity contribution in [3.05, 3.63) is 47.5 Å². The van der Waals surface area contributed by atoms with Gasteiger partial charge in [-0.2, -0.15) is 4.98 Å². The number of rotatable bonds is 4. The van der Waals surface area contributed by atoms with Crippen molar-refractivity contribution in [2.24, 2.45) is 0 Å². The van der Waals surface area contributed by atoms with Gasteiger partial charge in [-0.1, -0.05) is 17.3 Å². The fourth-order valence-corrected chi connectivity index (χ4v) is 2.81. The van der Waals surface area contributed by atoms with E-state index in [2.05, 4.69) is 20.4 Å². The van der Waals surface area contributed by atoms with E-state index in [4.69, 9.17) is 13.7 Å². The van der Waals surface area contributed by atoms with Gasteiger partial charge in [0.05, 0.1) is 12.2 Å². The number of carbonyl (C=O) groups excluding carboxylic acids is 1. The predicted molar refractivity (Wildman–Crippen MR) is 104 cm³/mol. The minimum absolute atomic E-state index is 0.180. The molecule has 11 heteroatoms. The molecule has 1 aromatic carbocycles. The number of hydrogen-bond acceptors (Lipinski definition) is 7. The highest BCUT2D eigenvalue weighted by Gasteiger charge is 2.28. The number of fused-ring (bicyclic) bond motifs is 1. The number of nitrogens with zero attached hydrogens (tertiary/aromatic N) is 3. The summed E-state index contributed by atoms with van der Waals surface area (Å²) in [5.41, 5.74) is 1.69. The van der Waals surface area contributed by atoms with Gasteiger partial charge < -0.3 is 19.0 Å². The van der Waals surface area contributed by atoms with Crippen molar-refractivity contribution in [3.8, 4) is 17.1 Å². The third kappa shape index (κ3) is 3.37. The summed E-state index contributed by atoms with van der Waals surface area (Å²) in [4.78, 5) is 20.7. The van der Waals surface area contributed by atoms with E-state index in [0.717, 1.165) is 11.1 Å². The molecule has 8 nitrogen and oxygen atoms in total. The van der Waals surface area contributed by atoms with Gasteiger partial charge in [-0.15, -0.1) is 0 Å². The normalized spacial score (nSPS) is 16.0. The fraction of sp³-hybridized carbons (Fsp3) is 0.250. The number of hydrogen-bond donors (Lipinski definition) is 1. The van der Waals surface area contributed by atoms with E-state index in [1.807, 2.05) is 41.7 Å². The standard InChI is InChI=1S/C16H17B3N4O4/c1-7-20-5-12(26-7)14(24)21-10-6-25-11-4-8(2-3-9(10)11)13-22-15(27-23-13)16(17,18)19/h2-5,10H,6,17-19H2,1H3,(H,21,24)/t10-/m1/s1. The number of nitrogens with one attached hydrogen (secondary N) is 1. The van der Waals surface area contributed by atoms with Crippen LogP contribution in [0.1, 0.15) is 33.9 Å². The molecule has 1 N–H and O–H groups in total. The maximum Gasteiger partial charge on any atom is 0.289 e. The highest BCUT2D eigenvalue weighted by Crippen LogP contribution is 2.35. The Morgan fingerprint density at radius 3 is 2.81 bits per heavy atom. The maximum atomic E-state index is 12.3. The first-order chi connectivity index (χ1) is 12.8. The molecule has 0 spiro atoms. The second-order valence-corrected chi connectivity index (χ2v) is 7.51. The van der Waals surface area contributed by atoms with Crippen molar-refractivity contribution < 1.29 is 18.5 Å². The Labute approximate surface area is 158 Å². The van der Waals surface area contributed by atoms with E-state index in [9.17, 15) is 4.79 Å². The lowest BCUT2D eigenvalue weighted by atomic mass is 9.42. The summed E-state index contributed by atoms with van der Waals surface area (Å²) in [5, 5.41) is 6.74. The minimum Gasteiger partial charge on any atom is -0.491 e. The second kappa shape index (κ2) is 6.33. The van der Waals surface area contributed by atoms with Gasteiger partial charge in [-0.05, 0) is 11.2 Å². The van der Waals surface area contributed by atoms with Crippen LogP contribution in [0.3, 0.4) is 0 Å². The summed E-state index contributed by atoms with van der Waals surface area (Å²) < 4.78 is 16.4. The smallest absolute Gasteiger partial charge is 0.289 e. The first kappa shape index (κ1) is 17.4. The molecule has 0 bridgehead atoms. The summed E-state index contributed by atoms with van der Waals surface area (Å²) in [6, 6.07) is 5.39. The highest BCUT2D eigenvalue weighted by molar-refractivity contribution is 6.58. The fourth-order valence-electron chi connectivity index (χ4n) is 2.81. The van der Waals surface area contributed by atoms with Gasteiger partial charge >= 0.3 is 0 Å². The highest BCUT2D eigenvalue weighted by atomic mass is 16.5. The van der Waals surface area contributed by atoms with Crippen LogP contribution in [0.5, 0.6) is 5.75 Å². The number of aryl methyl sites for hydroxylation is 1. The van der Waals surface area contributed by atoms with Crippen molar-refractivity contribution in [3.63, 3.8) is 0 Å². The molecule has 0 unspecified atom stereocenters. The van der Waals surface area contributed by atoms with Crippen molar-refractivity contribution in [2.75, 3.05) is 6.61 Å².